The van der Waals surface area contributed by atoms with Gasteiger partial charge in [0.25, 0.3) is 0 Å². The van der Waals surface area contributed by atoms with Crippen molar-refractivity contribution in [3.05, 3.63) is 71.8 Å². The first-order chi connectivity index (χ1) is 10.7. The van der Waals surface area contributed by atoms with Crippen LogP contribution in [0.4, 0.5) is 0 Å². The number of benzene rings is 2. The highest BCUT2D eigenvalue weighted by Gasteiger charge is 2.41. The number of hydrogen-bond acceptors (Lipinski definition) is 2. The van der Waals surface area contributed by atoms with Crippen molar-refractivity contribution >= 4 is 5.78 Å². The minimum Gasteiger partial charge on any atom is -0.395 e. The van der Waals surface area contributed by atoms with E-state index in [9.17, 15) is 9.90 Å². The zero-order valence-electron chi connectivity index (χ0n) is 13.3. The topological polar surface area (TPSA) is 37.3 Å². The van der Waals surface area contributed by atoms with E-state index in [-0.39, 0.29) is 18.3 Å². The highest BCUT2D eigenvalue weighted by molar-refractivity contribution is 5.95. The highest BCUT2D eigenvalue weighted by atomic mass is 16.3. The zero-order valence-corrected chi connectivity index (χ0v) is 13.3. The molecule has 0 aliphatic heterocycles. The summed E-state index contributed by atoms with van der Waals surface area (Å²) in [5, 5.41) is 10.1. The van der Waals surface area contributed by atoms with Crippen molar-refractivity contribution < 1.29 is 9.90 Å². The van der Waals surface area contributed by atoms with Gasteiger partial charge in [0, 0.05) is 5.92 Å². The molecule has 0 aromatic heterocycles. The van der Waals surface area contributed by atoms with Gasteiger partial charge in [-0.05, 0) is 24.0 Å². The van der Waals surface area contributed by atoms with Crippen molar-refractivity contribution in [3.63, 3.8) is 0 Å². The normalized spacial score (nSPS) is 15.0. The van der Waals surface area contributed by atoms with Crippen molar-refractivity contribution in [2.45, 2.75) is 38.0 Å². The molecule has 0 spiro atoms. The van der Waals surface area contributed by atoms with Crippen LogP contribution in [0.5, 0.6) is 0 Å². The first-order valence-corrected chi connectivity index (χ1v) is 7.95. The van der Waals surface area contributed by atoms with Gasteiger partial charge in [-0.15, -0.1) is 0 Å². The number of Topliss-reactive ketones (excluding diaryl/α,β-unsaturated/α-hetero) is 1. The number of carbonyl (C=O) groups is 1. The van der Waals surface area contributed by atoms with Gasteiger partial charge >= 0.3 is 0 Å². The minimum atomic E-state index is -0.822. The average molecular weight is 296 g/mol. The van der Waals surface area contributed by atoms with Gasteiger partial charge in [0.15, 0.2) is 5.78 Å². The minimum absolute atomic E-state index is 0.109. The molecule has 2 atom stereocenters. The SMILES string of the molecule is CCC(C(=O)C(CC)(CO)c1ccccc1)c1ccccc1. The Labute approximate surface area is 132 Å². The van der Waals surface area contributed by atoms with Crippen LogP contribution in [0, 0.1) is 0 Å². The molecule has 2 rings (SSSR count). The van der Waals surface area contributed by atoms with E-state index in [0.717, 1.165) is 17.5 Å². The van der Waals surface area contributed by atoms with Crippen LogP contribution in [0.3, 0.4) is 0 Å². The third-order valence-electron chi connectivity index (χ3n) is 4.60. The van der Waals surface area contributed by atoms with Crippen LogP contribution in [0.15, 0.2) is 60.7 Å². The van der Waals surface area contributed by atoms with E-state index in [1.165, 1.54) is 0 Å². The molecule has 22 heavy (non-hydrogen) atoms. The van der Waals surface area contributed by atoms with Crippen LogP contribution in [-0.4, -0.2) is 17.5 Å². The molecular formula is C20H24O2. The van der Waals surface area contributed by atoms with E-state index in [4.69, 9.17) is 0 Å². The van der Waals surface area contributed by atoms with Crippen molar-refractivity contribution in [1.29, 1.82) is 0 Å². The molecule has 2 heteroatoms. The summed E-state index contributed by atoms with van der Waals surface area (Å²) in [5.74, 6) is -0.0779. The summed E-state index contributed by atoms with van der Waals surface area (Å²) in [7, 11) is 0. The van der Waals surface area contributed by atoms with E-state index < -0.39 is 5.41 Å². The molecular weight excluding hydrogens is 272 g/mol. The van der Waals surface area contributed by atoms with E-state index in [1.54, 1.807) is 0 Å². The number of aliphatic hydroxyl groups is 1. The second-order valence-corrected chi connectivity index (χ2v) is 5.70. The second-order valence-electron chi connectivity index (χ2n) is 5.70. The fourth-order valence-corrected chi connectivity index (χ4v) is 3.15. The standard InChI is InChI=1S/C20H24O2/c1-3-18(16-11-7-5-8-12-16)19(22)20(4-2,15-21)17-13-9-6-10-14-17/h5-14,18,21H,3-4,15H2,1-2H3. The van der Waals surface area contributed by atoms with Crippen LogP contribution < -0.4 is 0 Å². The molecule has 2 aromatic rings. The Bertz CT molecular complexity index is 586. The summed E-state index contributed by atoms with van der Waals surface area (Å²) < 4.78 is 0. The molecule has 0 bridgehead atoms. The smallest absolute Gasteiger partial charge is 0.153 e. The Hall–Kier alpha value is -1.93. The lowest BCUT2D eigenvalue weighted by Gasteiger charge is -2.33. The molecule has 0 aliphatic carbocycles. The van der Waals surface area contributed by atoms with Gasteiger partial charge in [0.2, 0.25) is 0 Å². The Morgan fingerprint density at radius 3 is 2.00 bits per heavy atom. The van der Waals surface area contributed by atoms with Crippen molar-refractivity contribution in [3.8, 4) is 0 Å². The number of hydrogen-bond donors (Lipinski definition) is 1. The Morgan fingerprint density at radius 2 is 1.55 bits per heavy atom. The molecule has 116 valence electrons. The third-order valence-corrected chi connectivity index (χ3v) is 4.60. The third kappa shape index (κ3) is 2.97. The van der Waals surface area contributed by atoms with Gasteiger partial charge in [-0.3, -0.25) is 4.79 Å². The predicted molar refractivity (Wildman–Crippen MR) is 90.0 cm³/mol. The van der Waals surface area contributed by atoms with Gasteiger partial charge < -0.3 is 5.11 Å². The molecule has 0 amide bonds. The maximum absolute atomic E-state index is 13.3. The van der Waals surface area contributed by atoms with Crippen LogP contribution in [-0.2, 0) is 10.2 Å². The summed E-state index contributed by atoms with van der Waals surface area (Å²) in [6.45, 7) is 3.84. The predicted octanol–water partition coefficient (Wildman–Crippen LogP) is 4.09. The summed E-state index contributed by atoms with van der Waals surface area (Å²) in [6.07, 6.45) is 1.33. The molecule has 0 heterocycles. The highest BCUT2D eigenvalue weighted by Crippen LogP contribution is 2.36. The lowest BCUT2D eigenvalue weighted by Crippen LogP contribution is -2.42. The first kappa shape index (κ1) is 16.4. The Balaban J connectivity index is 2.46. The number of rotatable bonds is 7. The molecule has 2 aromatic carbocycles. The maximum atomic E-state index is 13.3. The van der Waals surface area contributed by atoms with Crippen LogP contribution in [0.1, 0.15) is 43.7 Å². The molecule has 0 saturated heterocycles. The van der Waals surface area contributed by atoms with Crippen LogP contribution >= 0.6 is 0 Å². The summed E-state index contributed by atoms with van der Waals surface area (Å²) in [4.78, 5) is 13.3. The number of aliphatic hydroxyl groups excluding tert-OH is 1. The average Bonchev–Trinajstić information content (AvgIpc) is 2.59. The van der Waals surface area contributed by atoms with Crippen molar-refractivity contribution in [2.24, 2.45) is 0 Å². The van der Waals surface area contributed by atoms with Gasteiger partial charge in [0.1, 0.15) is 0 Å². The maximum Gasteiger partial charge on any atom is 0.153 e. The summed E-state index contributed by atoms with van der Waals surface area (Å²) in [6, 6.07) is 19.5. The van der Waals surface area contributed by atoms with E-state index in [0.29, 0.717) is 6.42 Å². The molecule has 2 nitrogen and oxygen atoms in total. The van der Waals surface area contributed by atoms with Gasteiger partial charge in [-0.2, -0.15) is 0 Å². The first-order valence-electron chi connectivity index (χ1n) is 7.95. The van der Waals surface area contributed by atoms with E-state index in [1.807, 2.05) is 74.5 Å². The molecule has 0 fully saturated rings. The monoisotopic (exact) mass is 296 g/mol. The Kier molecular flexibility index (Phi) is 5.51. The molecule has 0 saturated carbocycles. The molecule has 0 radical (unpaired) electrons. The van der Waals surface area contributed by atoms with Crippen LogP contribution in [0.2, 0.25) is 0 Å². The summed E-state index contributed by atoms with van der Waals surface area (Å²) >= 11 is 0. The number of ketones is 1. The van der Waals surface area contributed by atoms with E-state index >= 15 is 0 Å². The lowest BCUT2D eigenvalue weighted by molar-refractivity contribution is -0.128. The van der Waals surface area contributed by atoms with Crippen LogP contribution in [0.25, 0.3) is 0 Å². The van der Waals surface area contributed by atoms with Gasteiger partial charge in [0.05, 0.1) is 12.0 Å². The quantitative estimate of drug-likeness (QED) is 0.835. The lowest BCUT2D eigenvalue weighted by atomic mass is 9.69. The number of carbonyl (C=O) groups excluding carboxylic acids is 1. The van der Waals surface area contributed by atoms with E-state index in [2.05, 4.69) is 0 Å². The Morgan fingerprint density at radius 1 is 1.00 bits per heavy atom. The molecule has 1 N–H and O–H groups in total. The van der Waals surface area contributed by atoms with Crippen molar-refractivity contribution in [1.82, 2.24) is 0 Å². The van der Waals surface area contributed by atoms with Gasteiger partial charge in [-0.1, -0.05) is 74.5 Å². The fraction of sp³-hybridized carbons (Fsp3) is 0.350. The fourth-order valence-electron chi connectivity index (χ4n) is 3.15. The molecule has 0 aliphatic rings. The molecule has 2 unspecified atom stereocenters. The largest absolute Gasteiger partial charge is 0.395 e. The zero-order chi connectivity index (χ0) is 16.0. The van der Waals surface area contributed by atoms with Gasteiger partial charge in [-0.25, -0.2) is 0 Å². The summed E-state index contributed by atoms with van der Waals surface area (Å²) in [5.41, 5.74) is 1.11. The van der Waals surface area contributed by atoms with Crippen molar-refractivity contribution in [2.75, 3.05) is 6.61 Å². The second kappa shape index (κ2) is 7.37.